The van der Waals surface area contributed by atoms with Crippen LogP contribution in [-0.2, 0) is 29.7 Å². The minimum absolute atomic E-state index is 0.0743. The van der Waals surface area contributed by atoms with Crippen LogP contribution in [0.2, 0.25) is 0 Å². The molecule has 1 aliphatic heterocycles. The molecule has 2 aromatic heterocycles. The Hall–Kier alpha value is -2.25. The Morgan fingerprint density at radius 1 is 1.26 bits per heavy atom. The quantitative estimate of drug-likeness (QED) is 0.743. The van der Waals surface area contributed by atoms with Gasteiger partial charge in [0.05, 0.1) is 18.0 Å². The van der Waals surface area contributed by atoms with Crippen molar-refractivity contribution >= 4 is 5.91 Å². The van der Waals surface area contributed by atoms with Crippen LogP contribution in [0.4, 0.5) is 0 Å². The van der Waals surface area contributed by atoms with Gasteiger partial charge < -0.3 is 9.64 Å². The standard InChI is InChI=1S/C20H29N5O2/c1-23(14-17-6-3-4-10-21-17)18-7-5-12-25(13-9-18)20(26)16-27-15-19-8-11-22-24(19)2/h3-4,6,8,10-11,18H,5,7,9,12-16H2,1-2H3. The average molecular weight is 371 g/mol. The number of amides is 1. The number of nitrogens with zero attached hydrogens (tertiary/aromatic N) is 5. The Kier molecular flexibility index (Phi) is 6.95. The van der Waals surface area contributed by atoms with Crippen molar-refractivity contribution in [2.24, 2.45) is 7.05 Å². The monoisotopic (exact) mass is 371 g/mol. The van der Waals surface area contributed by atoms with Crippen LogP contribution in [-0.4, -0.2) is 63.3 Å². The third-order valence-corrected chi connectivity index (χ3v) is 5.21. The molecule has 146 valence electrons. The Morgan fingerprint density at radius 2 is 2.15 bits per heavy atom. The maximum atomic E-state index is 12.5. The molecular weight excluding hydrogens is 342 g/mol. The zero-order valence-corrected chi connectivity index (χ0v) is 16.3. The van der Waals surface area contributed by atoms with Crippen molar-refractivity contribution in [2.75, 3.05) is 26.7 Å². The number of aromatic nitrogens is 3. The van der Waals surface area contributed by atoms with Crippen LogP contribution in [0.5, 0.6) is 0 Å². The van der Waals surface area contributed by atoms with Gasteiger partial charge in [-0.15, -0.1) is 0 Å². The van der Waals surface area contributed by atoms with E-state index in [0.717, 1.165) is 50.3 Å². The fraction of sp³-hybridized carbons (Fsp3) is 0.550. The summed E-state index contributed by atoms with van der Waals surface area (Å²) in [5, 5.41) is 4.10. The Balaban J connectivity index is 1.43. The number of pyridine rings is 1. The van der Waals surface area contributed by atoms with Crippen LogP contribution in [0.3, 0.4) is 0 Å². The van der Waals surface area contributed by atoms with Crippen molar-refractivity contribution in [2.45, 2.75) is 38.5 Å². The Bertz CT molecular complexity index is 718. The molecule has 27 heavy (non-hydrogen) atoms. The first kappa shape index (κ1) is 19.5. The minimum atomic E-state index is 0.0743. The minimum Gasteiger partial charge on any atom is -0.365 e. The van der Waals surface area contributed by atoms with Crippen LogP contribution < -0.4 is 0 Å². The topological polar surface area (TPSA) is 63.5 Å². The molecule has 3 rings (SSSR count). The van der Waals surface area contributed by atoms with E-state index in [4.69, 9.17) is 4.74 Å². The van der Waals surface area contributed by atoms with E-state index >= 15 is 0 Å². The molecule has 0 bridgehead atoms. The molecule has 7 nitrogen and oxygen atoms in total. The molecule has 0 spiro atoms. The maximum Gasteiger partial charge on any atom is 0.248 e. The van der Waals surface area contributed by atoms with E-state index in [0.29, 0.717) is 12.6 Å². The molecule has 7 heteroatoms. The number of ether oxygens (including phenoxy) is 1. The Labute approximate surface area is 160 Å². The van der Waals surface area contributed by atoms with E-state index in [1.54, 1.807) is 10.9 Å². The predicted molar refractivity (Wildman–Crippen MR) is 103 cm³/mol. The highest BCUT2D eigenvalue weighted by Gasteiger charge is 2.23. The van der Waals surface area contributed by atoms with Crippen molar-refractivity contribution in [1.82, 2.24) is 24.6 Å². The normalized spacial score (nSPS) is 17.9. The molecule has 0 aliphatic carbocycles. The van der Waals surface area contributed by atoms with Crippen molar-refractivity contribution in [3.05, 3.63) is 48.0 Å². The van der Waals surface area contributed by atoms with E-state index in [1.807, 2.05) is 36.3 Å². The lowest BCUT2D eigenvalue weighted by Gasteiger charge is -2.27. The summed E-state index contributed by atoms with van der Waals surface area (Å²) in [6.07, 6.45) is 6.67. The second kappa shape index (κ2) is 9.62. The van der Waals surface area contributed by atoms with Crippen molar-refractivity contribution in [1.29, 1.82) is 0 Å². The SMILES string of the molecule is CN(Cc1ccccn1)C1CCCN(C(=O)COCc2ccnn2C)CC1. The molecule has 3 heterocycles. The zero-order valence-electron chi connectivity index (χ0n) is 16.3. The summed E-state index contributed by atoms with van der Waals surface area (Å²) >= 11 is 0. The average Bonchev–Trinajstić information content (AvgIpc) is 2.93. The number of carbonyl (C=O) groups excluding carboxylic acids is 1. The first-order chi connectivity index (χ1) is 13.1. The molecule has 1 amide bonds. The van der Waals surface area contributed by atoms with Gasteiger partial charge in [-0.05, 0) is 44.5 Å². The molecular formula is C20H29N5O2. The lowest BCUT2D eigenvalue weighted by molar-refractivity contribution is -0.136. The number of hydrogen-bond acceptors (Lipinski definition) is 5. The third-order valence-electron chi connectivity index (χ3n) is 5.21. The largest absolute Gasteiger partial charge is 0.365 e. The Morgan fingerprint density at radius 3 is 2.89 bits per heavy atom. The fourth-order valence-corrected chi connectivity index (χ4v) is 3.52. The molecule has 2 aromatic rings. The molecule has 1 saturated heterocycles. The number of rotatable bonds is 7. The predicted octanol–water partition coefficient (Wildman–Crippen LogP) is 1.84. The van der Waals surface area contributed by atoms with Gasteiger partial charge in [0.25, 0.3) is 0 Å². The summed E-state index contributed by atoms with van der Waals surface area (Å²) in [6, 6.07) is 8.39. The third kappa shape index (κ3) is 5.61. The summed E-state index contributed by atoms with van der Waals surface area (Å²) < 4.78 is 7.36. The second-order valence-corrected chi connectivity index (χ2v) is 7.14. The van der Waals surface area contributed by atoms with Gasteiger partial charge in [0.15, 0.2) is 0 Å². The molecule has 0 N–H and O–H groups in total. The molecule has 0 radical (unpaired) electrons. The summed E-state index contributed by atoms with van der Waals surface area (Å²) in [4.78, 5) is 21.2. The molecule has 1 atom stereocenters. The van der Waals surface area contributed by atoms with Crippen LogP contribution in [0.15, 0.2) is 36.7 Å². The van der Waals surface area contributed by atoms with Gasteiger partial charge in [-0.25, -0.2) is 0 Å². The number of carbonyl (C=O) groups is 1. The lowest BCUT2D eigenvalue weighted by Crippen LogP contribution is -2.36. The highest BCUT2D eigenvalue weighted by atomic mass is 16.5. The van der Waals surface area contributed by atoms with Crippen LogP contribution in [0.1, 0.15) is 30.7 Å². The summed E-state index contributed by atoms with van der Waals surface area (Å²) in [5.74, 6) is 0.0743. The van der Waals surface area contributed by atoms with Gasteiger partial charge in [0, 0.05) is 45.1 Å². The second-order valence-electron chi connectivity index (χ2n) is 7.14. The number of hydrogen-bond donors (Lipinski definition) is 0. The molecule has 0 aromatic carbocycles. The first-order valence-corrected chi connectivity index (χ1v) is 9.56. The van der Waals surface area contributed by atoms with Gasteiger partial charge in [0.1, 0.15) is 6.61 Å². The molecule has 1 unspecified atom stereocenters. The summed E-state index contributed by atoms with van der Waals surface area (Å²) in [6.45, 7) is 2.96. The molecule has 1 aliphatic rings. The smallest absolute Gasteiger partial charge is 0.248 e. The first-order valence-electron chi connectivity index (χ1n) is 9.56. The van der Waals surface area contributed by atoms with E-state index in [9.17, 15) is 4.79 Å². The lowest BCUT2D eigenvalue weighted by atomic mass is 10.1. The zero-order chi connectivity index (χ0) is 19.1. The fourth-order valence-electron chi connectivity index (χ4n) is 3.52. The van der Waals surface area contributed by atoms with E-state index in [-0.39, 0.29) is 12.5 Å². The van der Waals surface area contributed by atoms with Gasteiger partial charge in [-0.3, -0.25) is 19.4 Å². The van der Waals surface area contributed by atoms with Gasteiger partial charge in [-0.1, -0.05) is 6.07 Å². The van der Waals surface area contributed by atoms with Crippen LogP contribution in [0, 0.1) is 0 Å². The van der Waals surface area contributed by atoms with Crippen molar-refractivity contribution in [3.8, 4) is 0 Å². The highest BCUT2D eigenvalue weighted by molar-refractivity contribution is 5.77. The van der Waals surface area contributed by atoms with Crippen LogP contribution in [0.25, 0.3) is 0 Å². The van der Waals surface area contributed by atoms with Crippen molar-refractivity contribution in [3.63, 3.8) is 0 Å². The van der Waals surface area contributed by atoms with E-state index in [1.165, 1.54) is 0 Å². The van der Waals surface area contributed by atoms with E-state index in [2.05, 4.69) is 28.1 Å². The van der Waals surface area contributed by atoms with Gasteiger partial charge in [0.2, 0.25) is 5.91 Å². The summed E-state index contributed by atoms with van der Waals surface area (Å²) in [7, 11) is 4.02. The van der Waals surface area contributed by atoms with Gasteiger partial charge in [-0.2, -0.15) is 5.10 Å². The van der Waals surface area contributed by atoms with E-state index < -0.39 is 0 Å². The number of likely N-dealkylation sites (tertiary alicyclic amines) is 1. The molecule has 0 saturated carbocycles. The van der Waals surface area contributed by atoms with Crippen LogP contribution >= 0.6 is 0 Å². The van der Waals surface area contributed by atoms with Crippen molar-refractivity contribution < 1.29 is 9.53 Å². The highest BCUT2D eigenvalue weighted by Crippen LogP contribution is 2.17. The maximum absolute atomic E-state index is 12.5. The summed E-state index contributed by atoms with van der Waals surface area (Å²) in [5.41, 5.74) is 2.05. The number of aryl methyl sites for hydroxylation is 1. The molecule has 1 fully saturated rings. The van der Waals surface area contributed by atoms with Gasteiger partial charge >= 0.3 is 0 Å².